The van der Waals surface area contributed by atoms with Crippen molar-refractivity contribution in [2.45, 2.75) is 58.1 Å². The summed E-state index contributed by atoms with van der Waals surface area (Å²) in [6, 6.07) is 3.03. The molecule has 1 aliphatic carbocycles. The second-order valence-electron chi connectivity index (χ2n) is 6.56. The van der Waals surface area contributed by atoms with Gasteiger partial charge in [0.25, 0.3) is 0 Å². The lowest BCUT2D eigenvalue weighted by atomic mass is 9.77. The Kier molecular flexibility index (Phi) is 3.87. The standard InChI is InChI=1S/C16H27N3O/c1-4-13-9-15(19(3)18-13)10-16(7-8-20-12(16)2)11-17-14-5-6-14/h9,12,14,17H,4-8,10-11H2,1-3H3. The van der Waals surface area contributed by atoms with Gasteiger partial charge >= 0.3 is 0 Å². The third kappa shape index (κ3) is 2.77. The van der Waals surface area contributed by atoms with Crippen molar-refractivity contribution in [3.8, 4) is 0 Å². The summed E-state index contributed by atoms with van der Waals surface area (Å²) in [5.41, 5.74) is 2.78. The van der Waals surface area contributed by atoms with E-state index in [4.69, 9.17) is 4.74 Å². The Morgan fingerprint density at radius 2 is 2.30 bits per heavy atom. The molecule has 112 valence electrons. The van der Waals surface area contributed by atoms with E-state index in [9.17, 15) is 0 Å². The van der Waals surface area contributed by atoms with Gasteiger partial charge in [0.05, 0.1) is 11.8 Å². The van der Waals surface area contributed by atoms with Gasteiger partial charge in [0.2, 0.25) is 0 Å². The van der Waals surface area contributed by atoms with Crippen molar-refractivity contribution in [2.24, 2.45) is 12.5 Å². The summed E-state index contributed by atoms with van der Waals surface area (Å²) in [6.45, 7) is 6.37. The maximum Gasteiger partial charge on any atom is 0.0624 e. The fraction of sp³-hybridized carbons (Fsp3) is 0.812. The number of hydrogen-bond acceptors (Lipinski definition) is 3. The molecule has 1 aromatic rings. The molecule has 2 atom stereocenters. The largest absolute Gasteiger partial charge is 0.378 e. The van der Waals surface area contributed by atoms with Crippen molar-refractivity contribution in [1.29, 1.82) is 0 Å². The van der Waals surface area contributed by atoms with Crippen LogP contribution in [0.2, 0.25) is 0 Å². The van der Waals surface area contributed by atoms with Crippen LogP contribution in [0.1, 0.15) is 44.5 Å². The molecule has 2 heterocycles. The number of aryl methyl sites for hydroxylation is 2. The first-order chi connectivity index (χ1) is 9.63. The molecule has 1 aromatic heterocycles. The summed E-state index contributed by atoms with van der Waals surface area (Å²) in [4.78, 5) is 0. The molecule has 1 saturated carbocycles. The molecule has 20 heavy (non-hydrogen) atoms. The molecule has 0 spiro atoms. The van der Waals surface area contributed by atoms with Crippen LogP contribution in [-0.2, 0) is 24.6 Å². The van der Waals surface area contributed by atoms with Gasteiger partial charge in [-0.2, -0.15) is 5.10 Å². The Hall–Kier alpha value is -0.870. The first kappa shape index (κ1) is 14.1. The molecule has 2 fully saturated rings. The zero-order chi connectivity index (χ0) is 14.2. The Bertz CT molecular complexity index is 466. The van der Waals surface area contributed by atoms with Crippen LogP contribution in [0.3, 0.4) is 0 Å². The maximum absolute atomic E-state index is 5.90. The third-order valence-electron chi connectivity index (χ3n) is 5.07. The van der Waals surface area contributed by atoms with Gasteiger partial charge in [-0.1, -0.05) is 6.92 Å². The van der Waals surface area contributed by atoms with E-state index in [0.717, 1.165) is 38.5 Å². The number of ether oxygens (including phenoxy) is 1. The third-order valence-corrected chi connectivity index (χ3v) is 5.07. The fourth-order valence-corrected chi connectivity index (χ4v) is 3.25. The maximum atomic E-state index is 5.90. The molecule has 1 saturated heterocycles. The van der Waals surface area contributed by atoms with Crippen molar-refractivity contribution >= 4 is 0 Å². The zero-order valence-electron chi connectivity index (χ0n) is 13.0. The van der Waals surface area contributed by atoms with E-state index in [0.29, 0.717) is 6.10 Å². The topological polar surface area (TPSA) is 39.1 Å². The van der Waals surface area contributed by atoms with Gasteiger partial charge in [0.1, 0.15) is 0 Å². The summed E-state index contributed by atoms with van der Waals surface area (Å²) in [5.74, 6) is 0. The van der Waals surface area contributed by atoms with Crippen molar-refractivity contribution in [3.63, 3.8) is 0 Å². The van der Waals surface area contributed by atoms with E-state index in [1.54, 1.807) is 0 Å². The van der Waals surface area contributed by atoms with Crippen LogP contribution in [0.15, 0.2) is 6.07 Å². The summed E-state index contributed by atoms with van der Waals surface area (Å²) < 4.78 is 7.96. The molecular weight excluding hydrogens is 250 g/mol. The number of aromatic nitrogens is 2. The Balaban J connectivity index is 1.76. The summed E-state index contributed by atoms with van der Waals surface area (Å²) in [5, 5.41) is 8.31. The molecule has 4 nitrogen and oxygen atoms in total. The highest BCUT2D eigenvalue weighted by Gasteiger charge is 2.43. The second-order valence-corrected chi connectivity index (χ2v) is 6.56. The van der Waals surface area contributed by atoms with E-state index >= 15 is 0 Å². The minimum Gasteiger partial charge on any atom is -0.378 e. The van der Waals surface area contributed by atoms with E-state index in [1.807, 2.05) is 0 Å². The summed E-state index contributed by atoms with van der Waals surface area (Å²) >= 11 is 0. The minimum atomic E-state index is 0.237. The van der Waals surface area contributed by atoms with Crippen molar-refractivity contribution < 1.29 is 4.74 Å². The van der Waals surface area contributed by atoms with Gasteiger partial charge in [-0.3, -0.25) is 4.68 Å². The molecule has 0 bridgehead atoms. The molecule has 1 aliphatic heterocycles. The van der Waals surface area contributed by atoms with Crippen LogP contribution in [0.5, 0.6) is 0 Å². The molecule has 0 amide bonds. The highest BCUT2D eigenvalue weighted by atomic mass is 16.5. The van der Waals surface area contributed by atoms with Crippen LogP contribution >= 0.6 is 0 Å². The second kappa shape index (κ2) is 5.49. The lowest BCUT2D eigenvalue weighted by molar-refractivity contribution is 0.0619. The smallest absolute Gasteiger partial charge is 0.0624 e. The van der Waals surface area contributed by atoms with Crippen molar-refractivity contribution in [3.05, 3.63) is 17.5 Å². The number of hydrogen-bond donors (Lipinski definition) is 1. The molecule has 2 aliphatic rings. The van der Waals surface area contributed by atoms with Crippen molar-refractivity contribution in [1.82, 2.24) is 15.1 Å². The highest BCUT2D eigenvalue weighted by molar-refractivity contribution is 5.14. The monoisotopic (exact) mass is 277 g/mol. The minimum absolute atomic E-state index is 0.237. The number of nitrogens with one attached hydrogen (secondary N) is 1. The van der Waals surface area contributed by atoms with Gasteiger partial charge in [0, 0.05) is 37.4 Å². The Morgan fingerprint density at radius 3 is 2.85 bits per heavy atom. The van der Waals surface area contributed by atoms with Crippen LogP contribution in [-0.4, -0.2) is 35.1 Å². The summed E-state index contributed by atoms with van der Waals surface area (Å²) in [6.07, 6.45) is 6.24. The molecule has 4 heteroatoms. The van der Waals surface area contributed by atoms with Gasteiger partial charge in [-0.05, 0) is 45.1 Å². The first-order valence-corrected chi connectivity index (χ1v) is 8.00. The fourth-order valence-electron chi connectivity index (χ4n) is 3.25. The predicted molar refractivity (Wildman–Crippen MR) is 79.8 cm³/mol. The highest BCUT2D eigenvalue weighted by Crippen LogP contribution is 2.38. The van der Waals surface area contributed by atoms with Crippen LogP contribution in [0.25, 0.3) is 0 Å². The van der Waals surface area contributed by atoms with Crippen LogP contribution in [0, 0.1) is 5.41 Å². The van der Waals surface area contributed by atoms with E-state index in [2.05, 4.69) is 42.1 Å². The average molecular weight is 277 g/mol. The molecule has 2 unspecified atom stereocenters. The lowest BCUT2D eigenvalue weighted by Crippen LogP contribution is -2.42. The van der Waals surface area contributed by atoms with Crippen LogP contribution in [0.4, 0.5) is 0 Å². The molecule has 1 N–H and O–H groups in total. The van der Waals surface area contributed by atoms with E-state index in [-0.39, 0.29) is 5.41 Å². The van der Waals surface area contributed by atoms with Gasteiger partial charge in [-0.15, -0.1) is 0 Å². The molecular formula is C16H27N3O. The Labute approximate surface area is 121 Å². The summed E-state index contributed by atoms with van der Waals surface area (Å²) in [7, 11) is 2.07. The van der Waals surface area contributed by atoms with E-state index < -0.39 is 0 Å². The van der Waals surface area contributed by atoms with E-state index in [1.165, 1.54) is 24.2 Å². The van der Waals surface area contributed by atoms with Crippen molar-refractivity contribution in [2.75, 3.05) is 13.2 Å². The Morgan fingerprint density at radius 1 is 1.50 bits per heavy atom. The molecule has 0 radical (unpaired) electrons. The molecule has 0 aromatic carbocycles. The number of rotatable bonds is 6. The van der Waals surface area contributed by atoms with Gasteiger partial charge in [-0.25, -0.2) is 0 Å². The SMILES string of the molecule is CCc1cc(CC2(CNC3CC3)CCOC2C)n(C)n1. The lowest BCUT2D eigenvalue weighted by Gasteiger charge is -2.32. The first-order valence-electron chi connectivity index (χ1n) is 8.00. The zero-order valence-corrected chi connectivity index (χ0v) is 13.0. The van der Waals surface area contributed by atoms with Gasteiger partial charge < -0.3 is 10.1 Å². The molecule has 3 rings (SSSR count). The predicted octanol–water partition coefficient (Wildman–Crippen LogP) is 2.07. The van der Waals surface area contributed by atoms with Gasteiger partial charge in [0.15, 0.2) is 0 Å². The normalized spacial score (nSPS) is 30.1. The average Bonchev–Trinajstić information content (AvgIpc) is 3.11. The number of nitrogens with zero attached hydrogens (tertiary/aromatic N) is 2. The van der Waals surface area contributed by atoms with Crippen LogP contribution < -0.4 is 5.32 Å². The quantitative estimate of drug-likeness (QED) is 0.865.